The summed E-state index contributed by atoms with van der Waals surface area (Å²) >= 11 is 0. The molecule has 1 aliphatic carbocycles. The van der Waals surface area contributed by atoms with Crippen LogP contribution in [0.15, 0.2) is 47.5 Å². The number of carbonyl (C=O) groups excluding carboxylic acids is 1. The fourth-order valence-electron chi connectivity index (χ4n) is 4.09. The summed E-state index contributed by atoms with van der Waals surface area (Å²) in [4.78, 5) is 16.3. The van der Waals surface area contributed by atoms with Gasteiger partial charge in [-0.25, -0.2) is 0 Å². The van der Waals surface area contributed by atoms with E-state index in [1.165, 1.54) is 5.56 Å². The van der Waals surface area contributed by atoms with E-state index in [0.29, 0.717) is 12.5 Å². The van der Waals surface area contributed by atoms with E-state index in [4.69, 9.17) is 5.26 Å². The van der Waals surface area contributed by atoms with Gasteiger partial charge >= 0.3 is 0 Å². The van der Waals surface area contributed by atoms with Crippen molar-refractivity contribution >= 4 is 11.9 Å². The van der Waals surface area contributed by atoms with Gasteiger partial charge in [0.1, 0.15) is 6.04 Å². The minimum atomic E-state index is -0.230. The van der Waals surface area contributed by atoms with Crippen LogP contribution in [0.25, 0.3) is 0 Å². The van der Waals surface area contributed by atoms with Crippen LogP contribution in [0.3, 0.4) is 0 Å². The average Bonchev–Trinajstić information content (AvgIpc) is 3.28. The summed E-state index contributed by atoms with van der Waals surface area (Å²) in [6, 6.07) is 10.5. The van der Waals surface area contributed by atoms with Crippen LogP contribution in [-0.2, 0) is 10.2 Å². The second-order valence-corrected chi connectivity index (χ2v) is 7.41. The Hall–Kier alpha value is -2.85. The summed E-state index contributed by atoms with van der Waals surface area (Å²) in [5.41, 5.74) is 1.19. The van der Waals surface area contributed by atoms with E-state index in [1.54, 1.807) is 7.05 Å². The molecule has 1 atom stereocenters. The number of carbonyl (C=O) groups is 1. The maximum Gasteiger partial charge on any atom is 0.241 e. The van der Waals surface area contributed by atoms with Crippen LogP contribution < -0.4 is 21.3 Å². The van der Waals surface area contributed by atoms with Gasteiger partial charge in [0.15, 0.2) is 0 Å². The Labute approximate surface area is 166 Å². The van der Waals surface area contributed by atoms with Crippen molar-refractivity contribution in [3.05, 3.63) is 48.0 Å². The summed E-state index contributed by atoms with van der Waals surface area (Å²) < 4.78 is 0. The Kier molecular flexibility index (Phi) is 6.66. The molecule has 148 valence electrons. The van der Waals surface area contributed by atoms with E-state index >= 15 is 0 Å². The van der Waals surface area contributed by atoms with Gasteiger partial charge < -0.3 is 16.0 Å². The molecule has 7 nitrogen and oxygen atoms in total. The number of guanidine groups is 1. The molecular formula is C21H28N6O. The maximum absolute atomic E-state index is 12.5. The highest BCUT2D eigenvalue weighted by molar-refractivity contribution is 5.84. The highest BCUT2D eigenvalue weighted by Crippen LogP contribution is 2.39. The number of aliphatic imine (C=N–C) groups is 1. The van der Waals surface area contributed by atoms with Crippen molar-refractivity contribution in [1.82, 2.24) is 21.3 Å². The van der Waals surface area contributed by atoms with E-state index in [9.17, 15) is 4.79 Å². The first-order chi connectivity index (χ1) is 13.7. The zero-order valence-electron chi connectivity index (χ0n) is 16.2. The highest BCUT2D eigenvalue weighted by atomic mass is 16.2. The van der Waals surface area contributed by atoms with Gasteiger partial charge in [-0.15, -0.1) is 4.99 Å². The SMILES string of the molecule is CN/C(=N\C#N)N[C@H]1CC[C@](CNC(=O)C2C=CCN2)(c2ccccc2)CC1. The van der Waals surface area contributed by atoms with Gasteiger partial charge in [-0.3, -0.25) is 10.1 Å². The van der Waals surface area contributed by atoms with Crippen LogP contribution in [0, 0.1) is 11.5 Å². The molecule has 2 aliphatic rings. The molecular weight excluding hydrogens is 352 g/mol. The first-order valence-electron chi connectivity index (χ1n) is 9.81. The lowest BCUT2D eigenvalue weighted by atomic mass is 9.68. The number of nitriles is 1. The molecule has 3 rings (SSSR count). The summed E-state index contributed by atoms with van der Waals surface area (Å²) in [5, 5.41) is 21.3. The molecule has 28 heavy (non-hydrogen) atoms. The van der Waals surface area contributed by atoms with Crippen LogP contribution in [0.2, 0.25) is 0 Å². The van der Waals surface area contributed by atoms with Crippen molar-refractivity contribution in [1.29, 1.82) is 5.26 Å². The van der Waals surface area contributed by atoms with Crippen molar-refractivity contribution in [3.63, 3.8) is 0 Å². The van der Waals surface area contributed by atoms with Gasteiger partial charge in [-0.2, -0.15) is 5.26 Å². The van der Waals surface area contributed by atoms with Gasteiger partial charge in [-0.05, 0) is 31.2 Å². The van der Waals surface area contributed by atoms with E-state index in [1.807, 2.05) is 24.4 Å². The molecule has 1 aromatic carbocycles. The Morgan fingerprint density at radius 3 is 2.68 bits per heavy atom. The zero-order chi connectivity index (χ0) is 19.8. The molecule has 7 heteroatoms. The third-order valence-corrected chi connectivity index (χ3v) is 5.74. The van der Waals surface area contributed by atoms with Crippen molar-refractivity contribution in [2.75, 3.05) is 20.1 Å². The minimum Gasteiger partial charge on any atom is -0.359 e. The normalized spacial score (nSPS) is 27.1. The van der Waals surface area contributed by atoms with Gasteiger partial charge in [0.05, 0.1) is 0 Å². The lowest BCUT2D eigenvalue weighted by Gasteiger charge is -2.41. The summed E-state index contributed by atoms with van der Waals surface area (Å²) in [6.45, 7) is 1.37. The topological polar surface area (TPSA) is 101 Å². The molecule has 1 aromatic rings. The molecule has 0 bridgehead atoms. The Bertz CT molecular complexity index is 759. The standard InChI is InChI=1S/C21H28N6O/c1-23-20(26-15-22)27-17-9-11-21(12-10-17,16-6-3-2-4-7-16)14-25-19(28)18-8-5-13-24-18/h2-8,17-18,24H,9-14H2,1H3,(H,25,28)(H2,23,26,27)/t17-,18?,21-. The third kappa shape index (κ3) is 4.70. The van der Waals surface area contributed by atoms with E-state index in [-0.39, 0.29) is 23.4 Å². The molecule has 1 heterocycles. The maximum atomic E-state index is 12.5. The molecule has 1 fully saturated rings. The number of amides is 1. The quantitative estimate of drug-likeness (QED) is 0.266. The first kappa shape index (κ1) is 19.9. The first-order valence-corrected chi connectivity index (χ1v) is 9.81. The zero-order valence-corrected chi connectivity index (χ0v) is 16.2. The second-order valence-electron chi connectivity index (χ2n) is 7.41. The van der Waals surface area contributed by atoms with Crippen molar-refractivity contribution < 1.29 is 4.79 Å². The Balaban J connectivity index is 1.67. The molecule has 0 saturated heterocycles. The lowest BCUT2D eigenvalue weighted by molar-refractivity contribution is -0.122. The summed E-state index contributed by atoms with van der Waals surface area (Å²) in [6.07, 6.45) is 9.50. The van der Waals surface area contributed by atoms with Gasteiger partial charge in [-0.1, -0.05) is 42.5 Å². The predicted molar refractivity (Wildman–Crippen MR) is 110 cm³/mol. The summed E-state index contributed by atoms with van der Waals surface area (Å²) in [5.74, 6) is 0.537. The van der Waals surface area contributed by atoms with E-state index in [0.717, 1.165) is 32.2 Å². The van der Waals surface area contributed by atoms with Gasteiger partial charge in [0, 0.05) is 31.6 Å². The number of benzene rings is 1. The molecule has 1 unspecified atom stereocenters. The monoisotopic (exact) mass is 380 g/mol. The molecule has 0 spiro atoms. The molecule has 0 radical (unpaired) electrons. The van der Waals surface area contributed by atoms with Gasteiger partial charge in [0.2, 0.25) is 18.1 Å². The third-order valence-electron chi connectivity index (χ3n) is 5.74. The predicted octanol–water partition coefficient (Wildman–Crippen LogP) is 1.16. The van der Waals surface area contributed by atoms with Crippen molar-refractivity contribution in [2.24, 2.45) is 4.99 Å². The minimum absolute atomic E-state index is 0.0305. The molecule has 1 amide bonds. The second kappa shape index (κ2) is 9.38. The highest BCUT2D eigenvalue weighted by Gasteiger charge is 2.37. The number of rotatable bonds is 5. The van der Waals surface area contributed by atoms with Crippen molar-refractivity contribution in [3.8, 4) is 6.19 Å². The molecule has 0 aromatic heterocycles. The molecule has 1 aliphatic heterocycles. The van der Waals surface area contributed by atoms with Crippen LogP contribution in [-0.4, -0.2) is 44.1 Å². The number of nitrogens with one attached hydrogen (secondary N) is 4. The van der Waals surface area contributed by atoms with Crippen LogP contribution in [0.4, 0.5) is 0 Å². The van der Waals surface area contributed by atoms with Gasteiger partial charge in [0.25, 0.3) is 0 Å². The van der Waals surface area contributed by atoms with Crippen LogP contribution >= 0.6 is 0 Å². The number of nitrogens with zero attached hydrogens (tertiary/aromatic N) is 2. The smallest absolute Gasteiger partial charge is 0.241 e. The Morgan fingerprint density at radius 2 is 2.07 bits per heavy atom. The fraction of sp³-hybridized carbons (Fsp3) is 0.476. The number of hydrogen-bond acceptors (Lipinski definition) is 4. The lowest BCUT2D eigenvalue weighted by Crippen LogP contribution is -2.51. The summed E-state index contributed by atoms with van der Waals surface area (Å²) in [7, 11) is 1.75. The van der Waals surface area contributed by atoms with E-state index < -0.39 is 0 Å². The van der Waals surface area contributed by atoms with Crippen LogP contribution in [0.5, 0.6) is 0 Å². The average molecular weight is 380 g/mol. The largest absolute Gasteiger partial charge is 0.359 e. The van der Waals surface area contributed by atoms with Crippen molar-refractivity contribution in [2.45, 2.75) is 43.2 Å². The Morgan fingerprint density at radius 1 is 1.32 bits per heavy atom. The molecule has 4 N–H and O–H groups in total. The van der Waals surface area contributed by atoms with E-state index in [2.05, 4.69) is 50.5 Å². The fourth-order valence-corrected chi connectivity index (χ4v) is 4.09. The molecule has 1 saturated carbocycles. The number of hydrogen-bond donors (Lipinski definition) is 4. The van der Waals surface area contributed by atoms with Crippen LogP contribution in [0.1, 0.15) is 31.2 Å².